The van der Waals surface area contributed by atoms with Gasteiger partial charge in [0, 0.05) is 18.6 Å². The second-order valence-electron chi connectivity index (χ2n) is 4.11. The highest BCUT2D eigenvalue weighted by atomic mass is 32.2. The molecule has 0 saturated carbocycles. The minimum atomic E-state index is -3.27. The largest absolute Gasteiger partial charge is 0.271 e. The van der Waals surface area contributed by atoms with Crippen LogP contribution in [0.4, 0.5) is 0 Å². The molecule has 1 atom stereocenters. The maximum Gasteiger partial charge on any atom is 0.154 e. The Balaban J connectivity index is 3.19. The number of rotatable bonds is 4. The number of hydrazine groups is 1. The van der Waals surface area contributed by atoms with E-state index in [2.05, 4.69) is 15.4 Å². The van der Waals surface area contributed by atoms with Crippen LogP contribution in [-0.2, 0) is 9.84 Å². The van der Waals surface area contributed by atoms with E-state index in [0.717, 1.165) is 0 Å². The van der Waals surface area contributed by atoms with Crippen LogP contribution in [0.1, 0.15) is 25.6 Å². The Labute approximate surface area is 95.2 Å². The van der Waals surface area contributed by atoms with Gasteiger partial charge in [0.25, 0.3) is 0 Å². The topological polar surface area (TPSA) is 98.0 Å². The maximum atomic E-state index is 11.7. The fraction of sp³-hybridized carbons (Fsp3) is 0.556. The standard InChI is InChI=1S/C9H16N4O2S/c1-9(2,16(3,14)15)8(13-10)7-6-11-4-5-12-7/h4-6,8,13H,10H2,1-3H3. The van der Waals surface area contributed by atoms with Gasteiger partial charge in [-0.2, -0.15) is 0 Å². The van der Waals surface area contributed by atoms with Gasteiger partial charge in [0.2, 0.25) is 0 Å². The van der Waals surface area contributed by atoms with Crippen LogP contribution in [0.2, 0.25) is 0 Å². The third-order valence-electron chi connectivity index (χ3n) is 2.70. The van der Waals surface area contributed by atoms with Gasteiger partial charge in [-0.15, -0.1) is 0 Å². The zero-order valence-electron chi connectivity index (χ0n) is 9.51. The van der Waals surface area contributed by atoms with Gasteiger partial charge in [-0.25, -0.2) is 13.8 Å². The summed E-state index contributed by atoms with van der Waals surface area (Å²) >= 11 is 0. The number of nitrogens with two attached hydrogens (primary N) is 1. The molecule has 0 aliphatic rings. The Hall–Kier alpha value is -1.05. The average molecular weight is 244 g/mol. The van der Waals surface area contributed by atoms with Crippen molar-refractivity contribution in [3.05, 3.63) is 24.3 Å². The molecule has 1 heterocycles. The van der Waals surface area contributed by atoms with Crippen molar-refractivity contribution in [2.45, 2.75) is 24.6 Å². The molecule has 6 nitrogen and oxygen atoms in total. The average Bonchev–Trinajstić information content (AvgIpc) is 2.18. The summed E-state index contributed by atoms with van der Waals surface area (Å²) in [5.74, 6) is 5.41. The molecule has 1 unspecified atom stereocenters. The van der Waals surface area contributed by atoms with Crippen LogP contribution in [-0.4, -0.2) is 29.4 Å². The summed E-state index contributed by atoms with van der Waals surface area (Å²) in [6, 6.07) is -0.601. The number of aromatic nitrogens is 2. The molecule has 7 heteroatoms. The number of hydrogen-bond donors (Lipinski definition) is 2. The third-order valence-corrected chi connectivity index (χ3v) is 4.84. The van der Waals surface area contributed by atoms with Crippen LogP contribution in [0, 0.1) is 0 Å². The minimum absolute atomic E-state index is 0.500. The van der Waals surface area contributed by atoms with Gasteiger partial charge in [0.15, 0.2) is 9.84 Å². The molecule has 1 rings (SSSR count). The normalized spacial score (nSPS) is 14.8. The lowest BCUT2D eigenvalue weighted by Crippen LogP contribution is -2.47. The highest BCUT2D eigenvalue weighted by Crippen LogP contribution is 2.29. The second-order valence-corrected chi connectivity index (χ2v) is 6.70. The van der Waals surface area contributed by atoms with Gasteiger partial charge in [0.05, 0.1) is 22.7 Å². The van der Waals surface area contributed by atoms with Crippen molar-refractivity contribution in [2.75, 3.05) is 6.26 Å². The lowest BCUT2D eigenvalue weighted by Gasteiger charge is -2.31. The summed E-state index contributed by atoms with van der Waals surface area (Å²) in [7, 11) is -3.27. The zero-order chi connectivity index (χ0) is 12.4. The van der Waals surface area contributed by atoms with Crippen LogP contribution in [0.3, 0.4) is 0 Å². The fourth-order valence-electron chi connectivity index (χ4n) is 1.32. The summed E-state index contributed by atoms with van der Waals surface area (Å²) in [5.41, 5.74) is 2.98. The van der Waals surface area contributed by atoms with E-state index in [1.807, 2.05) is 0 Å². The van der Waals surface area contributed by atoms with E-state index in [0.29, 0.717) is 5.69 Å². The van der Waals surface area contributed by atoms with Crippen molar-refractivity contribution in [2.24, 2.45) is 5.84 Å². The fourth-order valence-corrected chi connectivity index (χ4v) is 1.93. The number of hydrogen-bond acceptors (Lipinski definition) is 6. The molecule has 16 heavy (non-hydrogen) atoms. The Morgan fingerprint density at radius 1 is 1.44 bits per heavy atom. The molecule has 1 aromatic heterocycles. The predicted octanol–water partition coefficient (Wildman–Crippen LogP) is -0.196. The molecule has 0 amide bonds. The smallest absolute Gasteiger partial charge is 0.154 e. The van der Waals surface area contributed by atoms with E-state index in [4.69, 9.17) is 5.84 Å². The van der Waals surface area contributed by atoms with Gasteiger partial charge in [-0.05, 0) is 13.8 Å². The quantitative estimate of drug-likeness (QED) is 0.562. The summed E-state index contributed by atoms with van der Waals surface area (Å²) in [6.07, 6.45) is 5.69. The Morgan fingerprint density at radius 3 is 2.44 bits per heavy atom. The molecule has 0 fully saturated rings. The molecule has 90 valence electrons. The first kappa shape index (κ1) is 13.0. The van der Waals surface area contributed by atoms with E-state index in [1.54, 1.807) is 13.8 Å². The Kier molecular flexibility index (Phi) is 3.61. The number of nitrogens with one attached hydrogen (secondary N) is 1. The zero-order valence-corrected chi connectivity index (χ0v) is 10.3. The number of nitrogens with zero attached hydrogens (tertiary/aromatic N) is 2. The van der Waals surface area contributed by atoms with Crippen LogP contribution in [0.5, 0.6) is 0 Å². The molecule has 0 aliphatic heterocycles. The maximum absolute atomic E-state index is 11.7. The van der Waals surface area contributed by atoms with Gasteiger partial charge in [-0.3, -0.25) is 15.8 Å². The van der Waals surface area contributed by atoms with E-state index < -0.39 is 20.6 Å². The van der Waals surface area contributed by atoms with Crippen molar-refractivity contribution in [3.63, 3.8) is 0 Å². The molecular weight excluding hydrogens is 228 g/mol. The highest BCUT2D eigenvalue weighted by molar-refractivity contribution is 7.92. The lowest BCUT2D eigenvalue weighted by molar-refractivity contribution is 0.419. The summed E-state index contributed by atoms with van der Waals surface area (Å²) in [6.45, 7) is 3.20. The SMILES string of the molecule is CC(C)(C(NN)c1cnccn1)S(C)(=O)=O. The van der Waals surface area contributed by atoms with Crippen molar-refractivity contribution >= 4 is 9.84 Å². The molecule has 0 radical (unpaired) electrons. The first-order valence-corrected chi connectivity index (χ1v) is 6.61. The van der Waals surface area contributed by atoms with Crippen molar-refractivity contribution in [1.29, 1.82) is 0 Å². The third kappa shape index (κ3) is 2.37. The van der Waals surface area contributed by atoms with Gasteiger partial charge < -0.3 is 0 Å². The van der Waals surface area contributed by atoms with Crippen LogP contribution in [0.25, 0.3) is 0 Å². The van der Waals surface area contributed by atoms with Crippen LogP contribution >= 0.6 is 0 Å². The molecular formula is C9H16N4O2S. The van der Waals surface area contributed by atoms with Gasteiger partial charge in [0.1, 0.15) is 0 Å². The molecule has 3 N–H and O–H groups in total. The van der Waals surface area contributed by atoms with Crippen molar-refractivity contribution in [1.82, 2.24) is 15.4 Å². The van der Waals surface area contributed by atoms with Crippen LogP contribution in [0.15, 0.2) is 18.6 Å². The first-order valence-electron chi connectivity index (χ1n) is 4.72. The van der Waals surface area contributed by atoms with E-state index in [-0.39, 0.29) is 0 Å². The van der Waals surface area contributed by atoms with Crippen molar-refractivity contribution in [3.8, 4) is 0 Å². The molecule has 0 bridgehead atoms. The summed E-state index contributed by atoms with van der Waals surface area (Å²) in [5, 5.41) is 0. The minimum Gasteiger partial charge on any atom is -0.271 e. The molecule has 0 aromatic carbocycles. The second kappa shape index (κ2) is 4.44. The Morgan fingerprint density at radius 2 is 2.06 bits per heavy atom. The van der Waals surface area contributed by atoms with E-state index >= 15 is 0 Å². The molecule has 0 aliphatic carbocycles. The molecule has 0 saturated heterocycles. The van der Waals surface area contributed by atoms with Gasteiger partial charge in [-0.1, -0.05) is 0 Å². The van der Waals surface area contributed by atoms with Gasteiger partial charge >= 0.3 is 0 Å². The Bertz CT molecular complexity index is 444. The van der Waals surface area contributed by atoms with E-state index in [9.17, 15) is 8.42 Å². The predicted molar refractivity (Wildman–Crippen MR) is 61.0 cm³/mol. The van der Waals surface area contributed by atoms with Crippen molar-refractivity contribution < 1.29 is 8.42 Å². The monoisotopic (exact) mass is 244 g/mol. The molecule has 1 aromatic rings. The number of sulfone groups is 1. The van der Waals surface area contributed by atoms with E-state index in [1.165, 1.54) is 24.8 Å². The first-order chi connectivity index (χ1) is 7.30. The summed E-state index contributed by atoms with van der Waals surface area (Å²) in [4.78, 5) is 7.96. The summed E-state index contributed by atoms with van der Waals surface area (Å²) < 4.78 is 22.3. The lowest BCUT2D eigenvalue weighted by atomic mass is 10.0. The highest BCUT2D eigenvalue weighted by Gasteiger charge is 2.40. The molecule has 0 spiro atoms. The van der Waals surface area contributed by atoms with Crippen LogP contribution < -0.4 is 11.3 Å².